The van der Waals surface area contributed by atoms with Crippen molar-refractivity contribution in [1.82, 2.24) is 10.3 Å². The van der Waals surface area contributed by atoms with Crippen LogP contribution in [0, 0.1) is 5.92 Å². The summed E-state index contributed by atoms with van der Waals surface area (Å²) in [6.07, 6.45) is 6.58. The van der Waals surface area contributed by atoms with Crippen LogP contribution < -0.4 is 16.0 Å². The van der Waals surface area contributed by atoms with Crippen molar-refractivity contribution >= 4 is 48.1 Å². The molecule has 6 nitrogen and oxygen atoms in total. The highest BCUT2D eigenvalue weighted by molar-refractivity contribution is 5.95. The van der Waals surface area contributed by atoms with E-state index < -0.39 is 0 Å². The van der Waals surface area contributed by atoms with Gasteiger partial charge in [0, 0.05) is 5.92 Å². The molecule has 1 aliphatic heterocycles. The number of rotatable bonds is 4. The van der Waals surface area contributed by atoms with E-state index in [9.17, 15) is 9.59 Å². The predicted octanol–water partition coefficient (Wildman–Crippen LogP) is 2.35. The van der Waals surface area contributed by atoms with E-state index in [4.69, 9.17) is 0 Å². The van der Waals surface area contributed by atoms with Crippen LogP contribution in [-0.4, -0.2) is 29.4 Å². The summed E-state index contributed by atoms with van der Waals surface area (Å²) in [5.74, 6) is 0.696. The molecule has 1 saturated carbocycles. The smallest absolute Gasteiger partial charge is 0.241 e. The second-order valence-electron chi connectivity index (χ2n) is 5.69. The Bertz CT molecular complexity index is 529. The first-order valence-corrected chi connectivity index (χ1v) is 7.53. The monoisotopic (exact) mass is 360 g/mol. The molecular formula is C15H22Cl2N4O2. The molecule has 2 heterocycles. The van der Waals surface area contributed by atoms with Crippen LogP contribution in [0.2, 0.25) is 0 Å². The molecule has 23 heavy (non-hydrogen) atoms. The lowest BCUT2D eigenvalue weighted by Crippen LogP contribution is -2.43. The largest absolute Gasteiger partial charge is 0.323 e. The lowest BCUT2D eigenvalue weighted by molar-refractivity contribution is -0.119. The quantitative estimate of drug-likeness (QED) is 0.769. The maximum absolute atomic E-state index is 12.1. The highest BCUT2D eigenvalue weighted by atomic mass is 35.5. The van der Waals surface area contributed by atoms with E-state index in [-0.39, 0.29) is 48.6 Å². The molecule has 0 spiro atoms. The van der Waals surface area contributed by atoms with Crippen molar-refractivity contribution < 1.29 is 9.59 Å². The minimum atomic E-state index is -0.118. The Morgan fingerprint density at radius 3 is 2.39 bits per heavy atom. The Morgan fingerprint density at radius 1 is 1.04 bits per heavy atom. The number of carbonyl (C=O) groups is 2. The molecule has 0 unspecified atom stereocenters. The van der Waals surface area contributed by atoms with Crippen LogP contribution in [0.4, 0.5) is 11.5 Å². The molecule has 1 aliphatic carbocycles. The van der Waals surface area contributed by atoms with Gasteiger partial charge < -0.3 is 16.0 Å². The highest BCUT2D eigenvalue weighted by Crippen LogP contribution is 2.29. The van der Waals surface area contributed by atoms with Crippen LogP contribution in [0.3, 0.4) is 0 Å². The Morgan fingerprint density at radius 2 is 1.83 bits per heavy atom. The third-order valence-electron chi connectivity index (χ3n) is 3.86. The van der Waals surface area contributed by atoms with Crippen LogP contribution in [-0.2, 0) is 9.59 Å². The second-order valence-corrected chi connectivity index (χ2v) is 5.69. The molecule has 1 atom stereocenters. The minimum Gasteiger partial charge on any atom is -0.323 e. The van der Waals surface area contributed by atoms with Gasteiger partial charge >= 0.3 is 0 Å². The van der Waals surface area contributed by atoms with Crippen LogP contribution in [0.5, 0.6) is 0 Å². The van der Waals surface area contributed by atoms with Gasteiger partial charge in [0.2, 0.25) is 11.8 Å². The molecule has 128 valence electrons. The Hall–Kier alpha value is -1.37. The Kier molecular flexibility index (Phi) is 7.75. The first-order chi connectivity index (χ1) is 10.2. The second kappa shape index (κ2) is 9.05. The van der Waals surface area contributed by atoms with Gasteiger partial charge in [-0.2, -0.15) is 0 Å². The van der Waals surface area contributed by atoms with Crippen LogP contribution >= 0.6 is 24.8 Å². The van der Waals surface area contributed by atoms with Gasteiger partial charge in [-0.3, -0.25) is 9.59 Å². The number of amides is 2. The number of carbonyl (C=O) groups excluding carboxylic acids is 2. The summed E-state index contributed by atoms with van der Waals surface area (Å²) in [7, 11) is 0. The van der Waals surface area contributed by atoms with Crippen molar-refractivity contribution in [2.75, 3.05) is 17.2 Å². The Balaban J connectivity index is 0.00000132. The fraction of sp³-hybridized carbons (Fsp3) is 0.533. The molecule has 0 aromatic carbocycles. The van der Waals surface area contributed by atoms with Gasteiger partial charge in [0.05, 0.1) is 17.9 Å². The molecule has 8 heteroatoms. The van der Waals surface area contributed by atoms with E-state index in [0.29, 0.717) is 11.5 Å². The molecule has 0 radical (unpaired) electrons. The molecule has 2 aliphatic rings. The zero-order valence-electron chi connectivity index (χ0n) is 12.7. The molecule has 3 N–H and O–H groups in total. The van der Waals surface area contributed by atoms with Crippen molar-refractivity contribution in [2.24, 2.45) is 5.92 Å². The van der Waals surface area contributed by atoms with E-state index >= 15 is 0 Å². The number of piperidine rings is 1. The zero-order valence-corrected chi connectivity index (χ0v) is 14.3. The van der Waals surface area contributed by atoms with Gasteiger partial charge in [-0.15, -0.1) is 24.8 Å². The summed E-state index contributed by atoms with van der Waals surface area (Å²) in [6.45, 7) is 0.891. The number of hydrogen-bond donors (Lipinski definition) is 3. The standard InChI is InChI=1S/C15H20N4O2.2ClH/c20-14(10-4-5-10)19-13-7-6-11(9-17-13)18-15(21)12-3-1-2-8-16-12;;/h6-7,9-10,12,16H,1-5,8H2,(H,18,21)(H,17,19,20);2*1H/t12-;;/m1../s1. The van der Waals surface area contributed by atoms with Crippen LogP contribution in [0.25, 0.3) is 0 Å². The van der Waals surface area contributed by atoms with Crippen molar-refractivity contribution in [3.63, 3.8) is 0 Å². The van der Waals surface area contributed by atoms with Gasteiger partial charge in [-0.1, -0.05) is 6.42 Å². The van der Waals surface area contributed by atoms with Gasteiger partial charge in [-0.25, -0.2) is 4.98 Å². The zero-order chi connectivity index (χ0) is 14.7. The predicted molar refractivity (Wildman–Crippen MR) is 94.4 cm³/mol. The van der Waals surface area contributed by atoms with Gasteiger partial charge in [0.15, 0.2) is 0 Å². The van der Waals surface area contributed by atoms with E-state index in [1.165, 1.54) is 0 Å². The summed E-state index contributed by atoms with van der Waals surface area (Å²) >= 11 is 0. The minimum absolute atomic E-state index is 0. The van der Waals surface area contributed by atoms with Gasteiger partial charge in [-0.05, 0) is 44.4 Å². The topological polar surface area (TPSA) is 83.1 Å². The number of aromatic nitrogens is 1. The maximum atomic E-state index is 12.1. The number of anilines is 2. The van der Waals surface area contributed by atoms with Gasteiger partial charge in [0.1, 0.15) is 5.82 Å². The summed E-state index contributed by atoms with van der Waals surface area (Å²) in [6, 6.07) is 3.36. The Labute approximate surface area is 148 Å². The van der Waals surface area contributed by atoms with Gasteiger partial charge in [0.25, 0.3) is 0 Å². The highest BCUT2D eigenvalue weighted by Gasteiger charge is 2.29. The fourth-order valence-electron chi connectivity index (χ4n) is 2.42. The van der Waals surface area contributed by atoms with E-state index in [1.54, 1.807) is 18.3 Å². The number of pyridine rings is 1. The van der Waals surface area contributed by atoms with Crippen LogP contribution in [0.1, 0.15) is 32.1 Å². The van der Waals surface area contributed by atoms with Crippen LogP contribution in [0.15, 0.2) is 18.3 Å². The average Bonchev–Trinajstić information content (AvgIpc) is 3.35. The molecular weight excluding hydrogens is 339 g/mol. The normalized spacial score (nSPS) is 19.7. The van der Waals surface area contributed by atoms with Crippen molar-refractivity contribution in [1.29, 1.82) is 0 Å². The number of nitrogens with zero attached hydrogens (tertiary/aromatic N) is 1. The van der Waals surface area contributed by atoms with E-state index in [0.717, 1.165) is 38.6 Å². The van der Waals surface area contributed by atoms with E-state index in [2.05, 4.69) is 20.9 Å². The van der Waals surface area contributed by atoms with Crippen molar-refractivity contribution in [3.05, 3.63) is 18.3 Å². The summed E-state index contributed by atoms with van der Waals surface area (Å²) < 4.78 is 0. The molecule has 1 aromatic heterocycles. The number of nitrogens with one attached hydrogen (secondary N) is 3. The number of hydrogen-bond acceptors (Lipinski definition) is 4. The average molecular weight is 361 g/mol. The first-order valence-electron chi connectivity index (χ1n) is 7.53. The number of halogens is 2. The molecule has 0 bridgehead atoms. The molecule has 2 amide bonds. The van der Waals surface area contributed by atoms with Crippen molar-refractivity contribution in [2.45, 2.75) is 38.1 Å². The summed E-state index contributed by atoms with van der Waals surface area (Å²) in [4.78, 5) is 27.8. The third kappa shape index (κ3) is 5.64. The summed E-state index contributed by atoms with van der Waals surface area (Å²) in [5, 5.41) is 8.83. The molecule has 1 aromatic rings. The summed E-state index contributed by atoms with van der Waals surface area (Å²) in [5.41, 5.74) is 0.650. The lowest BCUT2D eigenvalue weighted by Gasteiger charge is -2.22. The molecule has 3 rings (SSSR count). The first kappa shape index (κ1) is 19.7. The van der Waals surface area contributed by atoms with E-state index in [1.807, 2.05) is 0 Å². The molecule has 2 fully saturated rings. The maximum Gasteiger partial charge on any atom is 0.241 e. The van der Waals surface area contributed by atoms with Crippen molar-refractivity contribution in [3.8, 4) is 0 Å². The molecule has 1 saturated heterocycles. The SMILES string of the molecule is Cl.Cl.O=C(Nc1ccc(NC(=O)[C@H]2CCCCN2)cn1)C1CC1. The third-order valence-corrected chi connectivity index (χ3v) is 3.86. The lowest BCUT2D eigenvalue weighted by atomic mass is 10.0. The fourth-order valence-corrected chi connectivity index (χ4v) is 2.42.